The molecule has 0 atom stereocenters. The van der Waals surface area contributed by atoms with E-state index in [9.17, 15) is 14.0 Å². The number of benzene rings is 4. The molecule has 0 amide bonds. The number of halogens is 1. The predicted molar refractivity (Wildman–Crippen MR) is 138 cm³/mol. The van der Waals surface area contributed by atoms with Crippen molar-refractivity contribution < 1.29 is 18.7 Å². The molecule has 1 heterocycles. The molecule has 5 aromatic rings. The van der Waals surface area contributed by atoms with Crippen molar-refractivity contribution in [2.24, 2.45) is 0 Å². The van der Waals surface area contributed by atoms with Crippen LogP contribution in [0.4, 0.5) is 4.39 Å². The van der Waals surface area contributed by atoms with E-state index in [0.717, 1.165) is 22.3 Å². The molecular weight excluding hydrogens is 469 g/mol. The van der Waals surface area contributed by atoms with Crippen LogP contribution in [0.2, 0.25) is 0 Å². The van der Waals surface area contributed by atoms with Gasteiger partial charge in [0.2, 0.25) is 0 Å². The predicted octanol–water partition coefficient (Wildman–Crippen LogP) is 6.09. The molecule has 0 aliphatic rings. The van der Waals surface area contributed by atoms with E-state index in [2.05, 4.69) is 10.1 Å². The first kappa shape index (κ1) is 23.8. The monoisotopic (exact) mass is 491 g/mol. The zero-order valence-corrected chi connectivity index (χ0v) is 20.0. The van der Waals surface area contributed by atoms with Crippen LogP contribution in [0.25, 0.3) is 28.2 Å². The van der Waals surface area contributed by atoms with E-state index in [0.29, 0.717) is 17.1 Å². The van der Waals surface area contributed by atoms with Crippen molar-refractivity contribution in [2.75, 3.05) is 6.61 Å². The Balaban J connectivity index is 1.34. The highest BCUT2D eigenvalue weighted by Gasteiger charge is 2.21. The molecule has 4 aromatic carbocycles. The normalized spacial score (nSPS) is 10.8. The fraction of sp³-hybridized carbons (Fsp3) is 0.0667. The fourth-order valence-electron chi connectivity index (χ4n) is 3.89. The van der Waals surface area contributed by atoms with E-state index in [1.165, 1.54) is 16.8 Å². The lowest BCUT2D eigenvalue weighted by Crippen LogP contribution is -2.15. The highest BCUT2D eigenvalue weighted by atomic mass is 19.1. The number of aromatic nitrogens is 3. The van der Waals surface area contributed by atoms with Gasteiger partial charge in [-0.05, 0) is 48.4 Å². The Bertz CT molecular complexity index is 1560. The quantitative estimate of drug-likeness (QED) is 0.204. The number of rotatable bonds is 7. The van der Waals surface area contributed by atoms with Crippen LogP contribution in [0, 0.1) is 12.7 Å². The third-order valence-corrected chi connectivity index (χ3v) is 5.79. The van der Waals surface area contributed by atoms with Crippen LogP contribution in [0.5, 0.6) is 0 Å². The van der Waals surface area contributed by atoms with E-state index >= 15 is 0 Å². The van der Waals surface area contributed by atoms with Crippen LogP contribution in [0.15, 0.2) is 103 Å². The highest BCUT2D eigenvalue weighted by molar-refractivity contribution is 5.99. The summed E-state index contributed by atoms with van der Waals surface area (Å²) in [5.41, 5.74) is 4.70. The van der Waals surface area contributed by atoms with Gasteiger partial charge in [-0.1, -0.05) is 78.4 Å². The van der Waals surface area contributed by atoms with Crippen LogP contribution in [-0.4, -0.2) is 33.1 Å². The van der Waals surface area contributed by atoms with Gasteiger partial charge in [-0.15, -0.1) is 5.10 Å². The maximum atomic E-state index is 13.5. The van der Waals surface area contributed by atoms with E-state index < -0.39 is 18.4 Å². The summed E-state index contributed by atoms with van der Waals surface area (Å²) in [6.45, 7) is 1.49. The molecule has 0 unspecified atom stereocenters. The van der Waals surface area contributed by atoms with Crippen LogP contribution in [0.3, 0.4) is 0 Å². The van der Waals surface area contributed by atoms with Crippen LogP contribution in [-0.2, 0) is 4.74 Å². The van der Waals surface area contributed by atoms with Gasteiger partial charge >= 0.3 is 5.97 Å². The first-order valence-corrected chi connectivity index (χ1v) is 11.6. The van der Waals surface area contributed by atoms with Crippen molar-refractivity contribution in [3.8, 4) is 28.2 Å². The number of esters is 1. The summed E-state index contributed by atoms with van der Waals surface area (Å²) in [6, 6.07) is 30.2. The number of carbonyl (C=O) groups excluding carboxylic acids is 2. The largest absolute Gasteiger partial charge is 0.451 e. The molecule has 182 valence electrons. The molecule has 5 rings (SSSR count). The Morgan fingerprint density at radius 1 is 0.811 bits per heavy atom. The van der Waals surface area contributed by atoms with Crippen LogP contribution >= 0.6 is 0 Å². The lowest BCUT2D eigenvalue weighted by Gasteiger charge is -2.06. The Labute approximate surface area is 213 Å². The van der Waals surface area contributed by atoms with E-state index in [4.69, 9.17) is 4.74 Å². The first-order valence-electron chi connectivity index (χ1n) is 11.6. The zero-order valence-electron chi connectivity index (χ0n) is 20.0. The molecule has 0 saturated carbocycles. The van der Waals surface area contributed by atoms with Crippen molar-refractivity contribution in [3.63, 3.8) is 0 Å². The number of carbonyl (C=O) groups is 2. The van der Waals surface area contributed by atoms with Gasteiger partial charge in [-0.25, -0.2) is 18.9 Å². The molecule has 0 bridgehead atoms. The lowest BCUT2D eigenvalue weighted by atomic mass is 10.0. The van der Waals surface area contributed by atoms with Gasteiger partial charge in [0.15, 0.2) is 18.2 Å². The standard InChI is InChI=1S/C30H22FN3O3/c1-20-6-5-9-24(18-20)29-32-28(33-34(29)26-16-14-25(31)15-17-26)30(36)37-19-27(35)23-12-10-22(11-13-23)21-7-3-2-4-8-21/h2-18H,19H2,1H3. The molecule has 0 spiro atoms. The van der Waals surface area contributed by atoms with Crippen LogP contribution in [0.1, 0.15) is 26.5 Å². The Kier molecular flexibility index (Phi) is 6.68. The van der Waals surface area contributed by atoms with Crippen molar-refractivity contribution in [1.29, 1.82) is 0 Å². The van der Waals surface area contributed by atoms with Crippen molar-refractivity contribution in [2.45, 2.75) is 6.92 Å². The Hall–Kier alpha value is -4.91. The molecule has 6 nitrogen and oxygen atoms in total. The molecule has 7 heteroatoms. The fourth-order valence-corrected chi connectivity index (χ4v) is 3.89. The summed E-state index contributed by atoms with van der Waals surface area (Å²) in [5.74, 6) is -1.37. The minimum absolute atomic E-state index is 0.201. The van der Waals surface area contributed by atoms with Gasteiger partial charge in [0, 0.05) is 11.1 Å². The van der Waals surface area contributed by atoms with Gasteiger partial charge in [0.25, 0.3) is 5.82 Å². The molecule has 0 N–H and O–H groups in total. The summed E-state index contributed by atoms with van der Waals surface area (Å²) in [4.78, 5) is 29.8. The number of ketones is 1. The van der Waals surface area contributed by atoms with E-state index in [1.807, 2.05) is 73.7 Å². The third kappa shape index (κ3) is 5.36. The van der Waals surface area contributed by atoms with Gasteiger partial charge in [-0.3, -0.25) is 4.79 Å². The molecule has 0 aliphatic carbocycles. The number of Topliss-reactive ketones (excluding diaryl/α,β-unsaturated/α-hetero) is 1. The van der Waals surface area contributed by atoms with E-state index in [1.54, 1.807) is 24.3 Å². The molecule has 0 aliphatic heterocycles. The minimum atomic E-state index is -0.830. The maximum Gasteiger partial charge on any atom is 0.378 e. The summed E-state index contributed by atoms with van der Waals surface area (Å²) < 4.78 is 20.2. The number of hydrogen-bond acceptors (Lipinski definition) is 5. The zero-order chi connectivity index (χ0) is 25.8. The van der Waals surface area contributed by atoms with E-state index in [-0.39, 0.29) is 11.6 Å². The number of nitrogens with zero attached hydrogens (tertiary/aromatic N) is 3. The number of aryl methyl sites for hydroxylation is 1. The van der Waals surface area contributed by atoms with Crippen LogP contribution < -0.4 is 0 Å². The molecule has 1 aromatic heterocycles. The van der Waals surface area contributed by atoms with Crippen molar-refractivity contribution in [3.05, 3.63) is 126 Å². The van der Waals surface area contributed by atoms with Crippen molar-refractivity contribution in [1.82, 2.24) is 14.8 Å². The summed E-state index contributed by atoms with van der Waals surface area (Å²) >= 11 is 0. The second-order valence-corrected chi connectivity index (χ2v) is 8.46. The highest BCUT2D eigenvalue weighted by Crippen LogP contribution is 2.23. The lowest BCUT2D eigenvalue weighted by molar-refractivity contribution is 0.0462. The van der Waals surface area contributed by atoms with Crippen molar-refractivity contribution >= 4 is 11.8 Å². The summed E-state index contributed by atoms with van der Waals surface area (Å²) in [5, 5.41) is 4.31. The molecule has 0 fully saturated rings. The Morgan fingerprint density at radius 2 is 1.49 bits per heavy atom. The second kappa shape index (κ2) is 10.4. The molecule has 0 radical (unpaired) electrons. The average Bonchev–Trinajstić information content (AvgIpc) is 3.38. The molecule has 0 saturated heterocycles. The van der Waals surface area contributed by atoms with Gasteiger partial charge in [0.1, 0.15) is 5.82 Å². The third-order valence-electron chi connectivity index (χ3n) is 5.79. The van der Waals surface area contributed by atoms with Gasteiger partial charge in [0.05, 0.1) is 5.69 Å². The average molecular weight is 492 g/mol. The first-order chi connectivity index (χ1) is 18.0. The Morgan fingerprint density at radius 3 is 2.19 bits per heavy atom. The second-order valence-electron chi connectivity index (χ2n) is 8.46. The van der Waals surface area contributed by atoms with Gasteiger partial charge < -0.3 is 4.74 Å². The summed E-state index contributed by atoms with van der Waals surface area (Å²) in [7, 11) is 0. The number of hydrogen-bond donors (Lipinski definition) is 0. The van der Waals surface area contributed by atoms with Gasteiger partial charge in [-0.2, -0.15) is 0 Å². The smallest absolute Gasteiger partial charge is 0.378 e. The maximum absolute atomic E-state index is 13.5. The summed E-state index contributed by atoms with van der Waals surface area (Å²) in [6.07, 6.45) is 0. The number of ether oxygens (including phenoxy) is 1. The molecular formula is C30H22FN3O3. The minimum Gasteiger partial charge on any atom is -0.451 e. The SMILES string of the molecule is Cc1cccc(-c2nc(C(=O)OCC(=O)c3ccc(-c4ccccc4)cc3)nn2-c2ccc(F)cc2)c1. The molecule has 37 heavy (non-hydrogen) atoms. The topological polar surface area (TPSA) is 74.1 Å².